The first-order valence-electron chi connectivity index (χ1n) is 12.4. The van der Waals surface area contributed by atoms with Crippen molar-refractivity contribution in [2.24, 2.45) is 0 Å². The van der Waals surface area contributed by atoms with E-state index in [2.05, 4.69) is 10.2 Å². The van der Waals surface area contributed by atoms with Gasteiger partial charge in [-0.2, -0.15) is 4.31 Å². The van der Waals surface area contributed by atoms with Crippen LogP contribution >= 0.6 is 0 Å². The lowest BCUT2D eigenvalue weighted by atomic mass is 10.2. The molecule has 1 N–H and O–H groups in total. The van der Waals surface area contributed by atoms with Crippen molar-refractivity contribution in [2.75, 3.05) is 68.9 Å². The average Bonchev–Trinajstić information content (AvgIpc) is 2.87. The SMILES string of the molecule is Cc1ccc(NC(=O)CCCN(c2ccc3c(c2)OCCO3)S(C)(=O)=O)cc1S(=O)(=O)N1CCN(C)CC1. The summed E-state index contributed by atoms with van der Waals surface area (Å²) in [6.45, 7) is 4.77. The standard InChI is InChI=1S/C25H34N4O7S2/c1-19-6-7-20(17-24(19)38(33,34)28-13-11-27(2)12-14-28)26-25(30)5-4-10-29(37(3,31)32)21-8-9-22-23(18-21)36-16-15-35-22/h6-9,17-18H,4-5,10-16H2,1-3H3,(H,26,30). The number of sulfonamides is 2. The highest BCUT2D eigenvalue weighted by Gasteiger charge is 2.29. The molecule has 0 radical (unpaired) electrons. The fraction of sp³-hybridized carbons (Fsp3) is 0.480. The fourth-order valence-electron chi connectivity index (χ4n) is 4.40. The largest absolute Gasteiger partial charge is 0.486 e. The third-order valence-corrected chi connectivity index (χ3v) is 9.77. The van der Waals surface area contributed by atoms with Crippen molar-refractivity contribution < 1.29 is 31.1 Å². The van der Waals surface area contributed by atoms with Crippen LogP contribution in [0, 0.1) is 6.92 Å². The summed E-state index contributed by atoms with van der Waals surface area (Å²) in [6, 6.07) is 9.74. The number of likely N-dealkylation sites (N-methyl/N-ethyl adjacent to an activating group) is 1. The molecule has 0 unspecified atom stereocenters. The van der Waals surface area contributed by atoms with Crippen LogP contribution in [-0.2, 0) is 24.8 Å². The molecule has 1 amide bonds. The van der Waals surface area contributed by atoms with E-state index in [1.165, 1.54) is 14.7 Å². The number of carbonyl (C=O) groups excluding carboxylic acids is 1. The molecule has 0 atom stereocenters. The first kappa shape index (κ1) is 28.1. The van der Waals surface area contributed by atoms with Gasteiger partial charge >= 0.3 is 0 Å². The molecule has 1 fully saturated rings. The Labute approximate surface area is 224 Å². The number of fused-ring (bicyclic) bond motifs is 1. The summed E-state index contributed by atoms with van der Waals surface area (Å²) in [5.41, 5.74) is 1.40. The Morgan fingerprint density at radius 1 is 0.974 bits per heavy atom. The normalized spacial score (nSPS) is 16.7. The van der Waals surface area contributed by atoms with E-state index in [4.69, 9.17) is 9.47 Å². The summed E-state index contributed by atoms with van der Waals surface area (Å²) in [5, 5.41) is 2.75. The lowest BCUT2D eigenvalue weighted by Gasteiger charge is -2.32. The molecule has 13 heteroatoms. The number of carbonyl (C=O) groups is 1. The lowest BCUT2D eigenvalue weighted by molar-refractivity contribution is -0.116. The van der Waals surface area contributed by atoms with E-state index < -0.39 is 20.0 Å². The van der Waals surface area contributed by atoms with Gasteiger partial charge in [0.2, 0.25) is 26.0 Å². The van der Waals surface area contributed by atoms with Crippen LogP contribution in [-0.4, -0.2) is 91.2 Å². The minimum Gasteiger partial charge on any atom is -0.486 e. The Kier molecular flexibility index (Phi) is 8.50. The van der Waals surface area contributed by atoms with Gasteiger partial charge in [-0.3, -0.25) is 9.10 Å². The summed E-state index contributed by atoms with van der Waals surface area (Å²) in [5.74, 6) is 0.689. The number of piperazine rings is 1. The van der Waals surface area contributed by atoms with E-state index in [0.717, 1.165) is 6.26 Å². The third kappa shape index (κ3) is 6.57. The predicted molar refractivity (Wildman–Crippen MR) is 145 cm³/mol. The van der Waals surface area contributed by atoms with Crippen LogP contribution in [0.2, 0.25) is 0 Å². The summed E-state index contributed by atoms with van der Waals surface area (Å²) in [6.07, 6.45) is 1.41. The molecular formula is C25H34N4O7S2. The molecule has 1 saturated heterocycles. The van der Waals surface area contributed by atoms with Crippen LogP contribution in [0.4, 0.5) is 11.4 Å². The number of hydrogen-bond donors (Lipinski definition) is 1. The maximum atomic E-state index is 13.2. The zero-order valence-corrected chi connectivity index (χ0v) is 23.5. The Balaban J connectivity index is 1.39. The number of hydrogen-bond acceptors (Lipinski definition) is 8. The number of rotatable bonds is 9. The van der Waals surface area contributed by atoms with Crippen molar-refractivity contribution in [2.45, 2.75) is 24.7 Å². The number of aryl methyl sites for hydroxylation is 1. The molecule has 0 spiro atoms. The first-order chi connectivity index (χ1) is 17.9. The van der Waals surface area contributed by atoms with Gasteiger partial charge < -0.3 is 19.7 Å². The Morgan fingerprint density at radius 2 is 1.66 bits per heavy atom. The molecule has 4 rings (SSSR count). The predicted octanol–water partition coefficient (Wildman–Crippen LogP) is 1.89. The second-order valence-electron chi connectivity index (χ2n) is 9.50. The molecule has 0 bridgehead atoms. The molecule has 2 aliphatic rings. The zero-order valence-electron chi connectivity index (χ0n) is 21.8. The van der Waals surface area contributed by atoms with Gasteiger partial charge in [0.1, 0.15) is 13.2 Å². The van der Waals surface area contributed by atoms with E-state index in [0.29, 0.717) is 67.8 Å². The second-order valence-corrected chi connectivity index (χ2v) is 13.3. The summed E-state index contributed by atoms with van der Waals surface area (Å²) < 4.78 is 65.2. The van der Waals surface area contributed by atoms with Gasteiger partial charge in [-0.25, -0.2) is 16.8 Å². The number of benzene rings is 2. The van der Waals surface area contributed by atoms with Crippen LogP contribution in [0.5, 0.6) is 11.5 Å². The van der Waals surface area contributed by atoms with Crippen LogP contribution in [0.15, 0.2) is 41.3 Å². The van der Waals surface area contributed by atoms with Crippen LogP contribution in [0.1, 0.15) is 18.4 Å². The molecule has 2 aliphatic heterocycles. The quantitative estimate of drug-likeness (QED) is 0.488. The summed E-state index contributed by atoms with van der Waals surface area (Å²) >= 11 is 0. The highest BCUT2D eigenvalue weighted by molar-refractivity contribution is 7.92. The van der Waals surface area contributed by atoms with Crippen molar-refractivity contribution in [1.82, 2.24) is 9.21 Å². The molecule has 2 aromatic carbocycles. The molecular weight excluding hydrogens is 532 g/mol. The highest BCUT2D eigenvalue weighted by atomic mass is 32.2. The van der Waals surface area contributed by atoms with Gasteiger partial charge in [0.25, 0.3) is 0 Å². The van der Waals surface area contributed by atoms with Gasteiger partial charge in [0.15, 0.2) is 11.5 Å². The Morgan fingerprint density at radius 3 is 2.34 bits per heavy atom. The van der Waals surface area contributed by atoms with Crippen LogP contribution < -0.4 is 19.1 Å². The lowest BCUT2D eigenvalue weighted by Crippen LogP contribution is -2.47. The molecule has 2 heterocycles. The average molecular weight is 567 g/mol. The molecule has 0 saturated carbocycles. The minimum absolute atomic E-state index is 0.0466. The summed E-state index contributed by atoms with van der Waals surface area (Å²) in [7, 11) is -5.35. The van der Waals surface area contributed by atoms with Crippen LogP contribution in [0.25, 0.3) is 0 Å². The maximum Gasteiger partial charge on any atom is 0.243 e. The maximum absolute atomic E-state index is 13.2. The molecule has 0 aliphatic carbocycles. The highest BCUT2D eigenvalue weighted by Crippen LogP contribution is 2.35. The number of ether oxygens (including phenoxy) is 2. The molecule has 2 aromatic rings. The number of amides is 1. The minimum atomic E-state index is -3.69. The molecule has 38 heavy (non-hydrogen) atoms. The number of anilines is 2. The van der Waals surface area contributed by atoms with Gasteiger partial charge in [-0.05, 0) is 50.2 Å². The molecule has 208 valence electrons. The molecule has 0 aromatic heterocycles. The van der Waals surface area contributed by atoms with Crippen molar-refractivity contribution >= 4 is 37.3 Å². The Bertz CT molecular complexity index is 1390. The van der Waals surface area contributed by atoms with Crippen molar-refractivity contribution in [1.29, 1.82) is 0 Å². The molecule has 11 nitrogen and oxygen atoms in total. The van der Waals surface area contributed by atoms with E-state index >= 15 is 0 Å². The van der Waals surface area contributed by atoms with E-state index in [-0.39, 0.29) is 30.2 Å². The van der Waals surface area contributed by atoms with E-state index in [1.807, 2.05) is 7.05 Å². The van der Waals surface area contributed by atoms with Gasteiger partial charge in [0.05, 0.1) is 16.8 Å². The fourth-order valence-corrected chi connectivity index (χ4v) is 7.03. The van der Waals surface area contributed by atoms with Crippen LogP contribution in [0.3, 0.4) is 0 Å². The zero-order chi connectivity index (χ0) is 27.5. The van der Waals surface area contributed by atoms with E-state index in [1.54, 1.807) is 37.3 Å². The summed E-state index contributed by atoms with van der Waals surface area (Å²) in [4.78, 5) is 14.9. The van der Waals surface area contributed by atoms with Crippen molar-refractivity contribution in [3.05, 3.63) is 42.0 Å². The monoisotopic (exact) mass is 566 g/mol. The van der Waals surface area contributed by atoms with Crippen molar-refractivity contribution in [3.8, 4) is 11.5 Å². The van der Waals surface area contributed by atoms with E-state index in [9.17, 15) is 21.6 Å². The third-order valence-electron chi connectivity index (χ3n) is 6.53. The van der Waals surface area contributed by atoms with Gasteiger partial charge in [-0.1, -0.05) is 6.07 Å². The smallest absolute Gasteiger partial charge is 0.243 e. The number of nitrogens with zero attached hydrogens (tertiary/aromatic N) is 3. The van der Waals surface area contributed by atoms with Crippen molar-refractivity contribution in [3.63, 3.8) is 0 Å². The van der Waals surface area contributed by atoms with Gasteiger partial charge in [0, 0.05) is 50.9 Å². The second kappa shape index (κ2) is 11.5. The topological polar surface area (TPSA) is 126 Å². The van der Waals surface area contributed by atoms with Gasteiger partial charge in [-0.15, -0.1) is 0 Å². The Hall–Kier alpha value is -2.87. The first-order valence-corrected chi connectivity index (χ1v) is 15.7. The number of nitrogens with one attached hydrogen (secondary N) is 1.